The average Bonchev–Trinajstić information content (AvgIpc) is 2.88. The molecule has 4 rings (SSSR count). The van der Waals surface area contributed by atoms with Crippen LogP contribution in [0.1, 0.15) is 75.7 Å². The monoisotopic (exact) mass is 520 g/mol. The molecule has 37 heavy (non-hydrogen) atoms. The Hall–Kier alpha value is -2.43. The molecule has 7 heteroatoms. The van der Waals surface area contributed by atoms with Gasteiger partial charge in [0.15, 0.2) is 6.29 Å². The molecule has 1 heterocycles. The Balaban J connectivity index is 1.31. The van der Waals surface area contributed by atoms with E-state index < -0.39 is 29.7 Å². The van der Waals surface area contributed by atoms with Gasteiger partial charge in [-0.1, -0.05) is 75.6 Å². The predicted molar refractivity (Wildman–Crippen MR) is 132 cm³/mol. The van der Waals surface area contributed by atoms with Crippen molar-refractivity contribution in [2.24, 2.45) is 17.8 Å². The van der Waals surface area contributed by atoms with Crippen LogP contribution in [0.4, 0.5) is 22.0 Å². The number of hydrogen-bond acceptors (Lipinski definition) is 2. The fourth-order valence-corrected chi connectivity index (χ4v) is 5.44. The largest absolute Gasteiger partial charge is 0.458 e. The standard InChI is InChI=1S/C30H33F5O2/c1-2-3-4-5-20-6-8-22(9-7-20)25-18-36-29(37-19-25)23-12-10-21(11-13-23)24-16-27(31)26(28(32)17-24)14-15-30(33,34)35/h10-13,16-17,20,22,25,29H,2-9,18-19H2,1H3. The van der Waals surface area contributed by atoms with E-state index in [9.17, 15) is 22.0 Å². The van der Waals surface area contributed by atoms with Gasteiger partial charge in [-0.05, 0) is 47.9 Å². The summed E-state index contributed by atoms with van der Waals surface area (Å²) in [6.45, 7) is 3.54. The highest BCUT2D eigenvalue weighted by Crippen LogP contribution is 2.39. The van der Waals surface area contributed by atoms with Crippen molar-refractivity contribution in [1.29, 1.82) is 0 Å². The van der Waals surface area contributed by atoms with E-state index in [4.69, 9.17) is 9.47 Å². The first kappa shape index (κ1) is 27.6. The van der Waals surface area contributed by atoms with E-state index in [-0.39, 0.29) is 5.56 Å². The van der Waals surface area contributed by atoms with Crippen molar-refractivity contribution in [2.75, 3.05) is 13.2 Å². The summed E-state index contributed by atoms with van der Waals surface area (Å²) in [7, 11) is 0. The van der Waals surface area contributed by atoms with E-state index in [2.05, 4.69) is 6.92 Å². The summed E-state index contributed by atoms with van der Waals surface area (Å²) in [6.07, 6.45) is 5.03. The number of rotatable bonds is 7. The van der Waals surface area contributed by atoms with Crippen LogP contribution in [-0.2, 0) is 9.47 Å². The second-order valence-electron chi connectivity index (χ2n) is 10.2. The zero-order valence-corrected chi connectivity index (χ0v) is 21.1. The van der Waals surface area contributed by atoms with E-state index in [1.807, 2.05) is 0 Å². The van der Waals surface area contributed by atoms with Crippen LogP contribution in [0.2, 0.25) is 0 Å². The topological polar surface area (TPSA) is 18.5 Å². The molecule has 0 radical (unpaired) electrons. The summed E-state index contributed by atoms with van der Waals surface area (Å²) in [4.78, 5) is 0. The molecule has 1 saturated carbocycles. The van der Waals surface area contributed by atoms with Gasteiger partial charge >= 0.3 is 6.18 Å². The SMILES string of the molecule is CCCCCC1CCC(C2COC(c3ccc(-c4cc(F)c(C#CC(F)(F)F)c(F)c4)cc3)OC2)CC1. The maximum Gasteiger partial charge on any atom is 0.458 e. The van der Waals surface area contributed by atoms with Crippen molar-refractivity contribution >= 4 is 0 Å². The fraction of sp³-hybridized carbons (Fsp3) is 0.533. The maximum atomic E-state index is 14.3. The van der Waals surface area contributed by atoms with Crippen molar-refractivity contribution in [1.82, 2.24) is 0 Å². The van der Waals surface area contributed by atoms with Crippen molar-refractivity contribution in [3.05, 3.63) is 59.2 Å². The van der Waals surface area contributed by atoms with E-state index in [0.717, 1.165) is 29.5 Å². The van der Waals surface area contributed by atoms with Gasteiger partial charge in [-0.3, -0.25) is 0 Å². The summed E-state index contributed by atoms with van der Waals surface area (Å²) in [5.41, 5.74) is 0.618. The molecule has 200 valence electrons. The van der Waals surface area contributed by atoms with Crippen molar-refractivity contribution in [3.63, 3.8) is 0 Å². The van der Waals surface area contributed by atoms with E-state index in [0.29, 0.717) is 30.6 Å². The smallest absolute Gasteiger partial charge is 0.348 e. The van der Waals surface area contributed by atoms with Crippen molar-refractivity contribution in [3.8, 4) is 23.0 Å². The lowest BCUT2D eigenvalue weighted by molar-refractivity contribution is -0.214. The highest BCUT2D eigenvalue weighted by atomic mass is 19.4. The highest BCUT2D eigenvalue weighted by molar-refractivity contribution is 5.65. The minimum Gasteiger partial charge on any atom is -0.348 e. The van der Waals surface area contributed by atoms with Crippen molar-refractivity contribution < 1.29 is 31.4 Å². The number of unbranched alkanes of at least 4 members (excludes halogenated alkanes) is 2. The highest BCUT2D eigenvalue weighted by Gasteiger charge is 2.32. The zero-order valence-electron chi connectivity index (χ0n) is 21.1. The van der Waals surface area contributed by atoms with Crippen LogP contribution in [0.3, 0.4) is 0 Å². The Kier molecular flexibility index (Phi) is 9.26. The van der Waals surface area contributed by atoms with Gasteiger partial charge in [-0.2, -0.15) is 13.2 Å². The summed E-state index contributed by atoms with van der Waals surface area (Å²) >= 11 is 0. The molecule has 2 fully saturated rings. The second-order valence-corrected chi connectivity index (χ2v) is 10.2. The van der Waals surface area contributed by atoms with Gasteiger partial charge in [0.2, 0.25) is 0 Å². The van der Waals surface area contributed by atoms with E-state index >= 15 is 0 Å². The summed E-state index contributed by atoms with van der Waals surface area (Å²) in [5.74, 6) is 2.05. The van der Waals surface area contributed by atoms with Gasteiger partial charge in [-0.25, -0.2) is 8.78 Å². The van der Waals surface area contributed by atoms with Gasteiger partial charge in [0, 0.05) is 17.4 Å². The van der Waals surface area contributed by atoms with Crippen LogP contribution in [0.5, 0.6) is 0 Å². The summed E-state index contributed by atoms with van der Waals surface area (Å²) < 4.78 is 77.5. The molecular weight excluding hydrogens is 487 g/mol. The molecule has 0 unspecified atom stereocenters. The Labute approximate surface area is 215 Å². The molecule has 2 nitrogen and oxygen atoms in total. The van der Waals surface area contributed by atoms with Gasteiger partial charge in [0.25, 0.3) is 0 Å². The molecule has 0 aromatic heterocycles. The predicted octanol–water partition coefficient (Wildman–Crippen LogP) is 8.59. The lowest BCUT2D eigenvalue weighted by atomic mass is 9.74. The lowest BCUT2D eigenvalue weighted by Gasteiger charge is -2.38. The minimum absolute atomic E-state index is 0.204. The Bertz CT molecular complexity index is 1060. The number of benzene rings is 2. The molecule has 2 aliphatic rings. The molecule has 0 spiro atoms. The lowest BCUT2D eigenvalue weighted by Crippen LogP contribution is -2.34. The Morgan fingerprint density at radius 3 is 2.03 bits per heavy atom. The van der Waals surface area contributed by atoms with E-state index in [1.165, 1.54) is 57.3 Å². The zero-order chi connectivity index (χ0) is 26.4. The molecule has 0 N–H and O–H groups in total. The number of alkyl halides is 3. The number of ether oxygens (including phenoxy) is 2. The average molecular weight is 521 g/mol. The number of halogens is 5. The van der Waals surface area contributed by atoms with Gasteiger partial charge in [0.05, 0.1) is 18.8 Å². The van der Waals surface area contributed by atoms with Crippen LogP contribution in [0, 0.1) is 41.2 Å². The van der Waals surface area contributed by atoms with Crippen LogP contribution in [0.25, 0.3) is 11.1 Å². The van der Waals surface area contributed by atoms with Crippen LogP contribution in [0.15, 0.2) is 36.4 Å². The molecule has 2 aromatic carbocycles. The Morgan fingerprint density at radius 1 is 0.838 bits per heavy atom. The van der Waals surface area contributed by atoms with E-state index in [1.54, 1.807) is 24.3 Å². The van der Waals surface area contributed by atoms with Gasteiger partial charge in [-0.15, -0.1) is 0 Å². The summed E-state index contributed by atoms with van der Waals surface area (Å²) in [5, 5.41) is 0. The third-order valence-corrected chi connectivity index (χ3v) is 7.58. The normalized spacial score (nSPS) is 24.4. The molecule has 0 atom stereocenters. The summed E-state index contributed by atoms with van der Waals surface area (Å²) in [6, 6.07) is 8.88. The van der Waals surface area contributed by atoms with Crippen molar-refractivity contribution in [2.45, 2.75) is 70.8 Å². The molecule has 0 bridgehead atoms. The maximum absolute atomic E-state index is 14.3. The minimum atomic E-state index is -4.83. The number of hydrogen-bond donors (Lipinski definition) is 0. The van der Waals surface area contributed by atoms with Crippen LogP contribution < -0.4 is 0 Å². The molecule has 2 aromatic rings. The molecule has 1 aliphatic carbocycles. The second kappa shape index (κ2) is 12.4. The molecular formula is C30H33F5O2. The third-order valence-electron chi connectivity index (χ3n) is 7.58. The third kappa shape index (κ3) is 7.55. The van der Waals surface area contributed by atoms with Gasteiger partial charge < -0.3 is 9.47 Å². The van der Waals surface area contributed by atoms with Crippen LogP contribution in [-0.4, -0.2) is 19.4 Å². The molecule has 0 amide bonds. The van der Waals surface area contributed by atoms with Gasteiger partial charge in [0.1, 0.15) is 11.6 Å². The first-order valence-corrected chi connectivity index (χ1v) is 13.2. The fourth-order valence-electron chi connectivity index (χ4n) is 5.44. The molecule has 1 saturated heterocycles. The quantitative estimate of drug-likeness (QED) is 0.207. The first-order chi connectivity index (χ1) is 17.7. The first-order valence-electron chi connectivity index (χ1n) is 13.2. The molecule has 1 aliphatic heterocycles. The Morgan fingerprint density at radius 2 is 1.46 bits per heavy atom. The van der Waals surface area contributed by atoms with Crippen LogP contribution >= 0.6 is 0 Å².